The Hall–Kier alpha value is -0.550. The van der Waals surface area contributed by atoms with E-state index in [0.29, 0.717) is 0 Å². The molecule has 0 bridgehead atoms. The number of nitrogens with two attached hydrogens (primary N) is 1. The number of rotatable bonds is 2. The van der Waals surface area contributed by atoms with Gasteiger partial charge in [-0.1, -0.05) is 0 Å². The van der Waals surface area contributed by atoms with Gasteiger partial charge in [0.2, 0.25) is 0 Å². The summed E-state index contributed by atoms with van der Waals surface area (Å²) in [6, 6.07) is 0. The van der Waals surface area contributed by atoms with Gasteiger partial charge in [0, 0.05) is 7.11 Å². The molecule has 0 aliphatic rings. The number of hydrogen-bond donors (Lipinski definition) is 3. The molecule has 9 heavy (non-hydrogen) atoms. The second-order valence-electron chi connectivity index (χ2n) is 1.32. The van der Waals surface area contributed by atoms with Crippen molar-refractivity contribution in [3.8, 4) is 0 Å². The molecule has 0 amide bonds. The minimum atomic E-state index is -0.0722. The number of hydrogen-bond acceptors (Lipinski definition) is 4. The third kappa shape index (κ3) is 5.32. The zero-order valence-corrected chi connectivity index (χ0v) is 5.92. The van der Waals surface area contributed by atoms with Crippen LogP contribution in [-0.4, -0.2) is 23.9 Å². The summed E-state index contributed by atoms with van der Waals surface area (Å²) in [4.78, 5) is 0. The maximum atomic E-state index is 7.04. The molecule has 0 saturated carbocycles. The van der Waals surface area contributed by atoms with Crippen LogP contribution < -0.4 is 5.73 Å². The molecule has 0 aromatic rings. The van der Waals surface area contributed by atoms with Crippen LogP contribution in [0.15, 0.2) is 0 Å². The van der Waals surface area contributed by atoms with E-state index in [1.54, 1.807) is 0 Å². The summed E-state index contributed by atoms with van der Waals surface area (Å²) >= 11 is 0.898. The standard InChI is InChI=1S/C4H9N3OS/c1-8-2-3(5)9-4(6)7/h5H,2H2,1H3,(H3,6,7). The predicted octanol–water partition coefficient (Wildman–Crippen LogP) is 0.237. The van der Waals surface area contributed by atoms with Gasteiger partial charge >= 0.3 is 0 Å². The molecule has 0 rings (SSSR count). The molecule has 0 aliphatic heterocycles. The van der Waals surface area contributed by atoms with E-state index in [1.165, 1.54) is 7.11 Å². The Morgan fingerprint density at radius 1 is 1.67 bits per heavy atom. The highest BCUT2D eigenvalue weighted by atomic mass is 32.2. The van der Waals surface area contributed by atoms with Crippen LogP contribution in [0, 0.1) is 10.8 Å². The molecule has 0 radical (unpaired) electrons. The average Bonchev–Trinajstić information content (AvgIpc) is 1.63. The fourth-order valence-electron chi connectivity index (χ4n) is 0.293. The van der Waals surface area contributed by atoms with Gasteiger partial charge in [-0.2, -0.15) is 0 Å². The first-order valence-corrected chi connectivity index (χ1v) is 3.06. The van der Waals surface area contributed by atoms with Crippen molar-refractivity contribution >= 4 is 22.0 Å². The number of ether oxygens (including phenoxy) is 1. The second-order valence-corrected chi connectivity index (χ2v) is 2.46. The fourth-order valence-corrected chi connectivity index (χ4v) is 0.736. The summed E-state index contributed by atoms with van der Waals surface area (Å²) < 4.78 is 4.61. The minimum Gasteiger partial charge on any atom is -0.378 e. The van der Waals surface area contributed by atoms with Gasteiger partial charge < -0.3 is 10.5 Å². The summed E-state index contributed by atoms with van der Waals surface area (Å²) in [5.41, 5.74) is 4.97. The summed E-state index contributed by atoms with van der Waals surface area (Å²) in [6.45, 7) is 0.226. The maximum absolute atomic E-state index is 7.04. The first kappa shape index (κ1) is 8.45. The molecule has 0 heterocycles. The van der Waals surface area contributed by atoms with Crippen LogP contribution in [0.5, 0.6) is 0 Å². The van der Waals surface area contributed by atoms with Crippen molar-refractivity contribution in [2.24, 2.45) is 5.73 Å². The Labute approximate surface area is 57.8 Å². The Morgan fingerprint density at radius 3 is 2.56 bits per heavy atom. The zero-order chi connectivity index (χ0) is 7.28. The van der Waals surface area contributed by atoms with Crippen LogP contribution in [0.1, 0.15) is 0 Å². The number of nitrogens with one attached hydrogen (secondary N) is 2. The van der Waals surface area contributed by atoms with Crippen molar-refractivity contribution in [1.29, 1.82) is 10.8 Å². The largest absolute Gasteiger partial charge is 0.378 e. The molecule has 0 saturated heterocycles. The maximum Gasteiger partial charge on any atom is 0.157 e. The molecule has 5 heteroatoms. The number of thioether (sulfide) groups is 1. The van der Waals surface area contributed by atoms with Gasteiger partial charge in [-0.3, -0.25) is 10.8 Å². The van der Waals surface area contributed by atoms with E-state index in [0.717, 1.165) is 11.8 Å². The lowest BCUT2D eigenvalue weighted by atomic mass is 10.8. The quantitative estimate of drug-likeness (QED) is 0.386. The highest BCUT2D eigenvalue weighted by molar-refractivity contribution is 8.26. The van der Waals surface area contributed by atoms with Crippen LogP contribution in [-0.2, 0) is 4.74 Å². The first-order chi connectivity index (χ1) is 4.16. The van der Waals surface area contributed by atoms with Crippen LogP contribution in [0.25, 0.3) is 0 Å². The van der Waals surface area contributed by atoms with Crippen molar-refractivity contribution in [2.45, 2.75) is 0 Å². The summed E-state index contributed by atoms with van der Waals surface area (Å²) in [7, 11) is 1.50. The molecule has 0 aromatic heterocycles. The lowest BCUT2D eigenvalue weighted by Gasteiger charge is -1.97. The summed E-state index contributed by atoms with van der Waals surface area (Å²) in [6.07, 6.45) is 0. The summed E-state index contributed by atoms with van der Waals surface area (Å²) in [5.74, 6) is 0. The lowest BCUT2D eigenvalue weighted by molar-refractivity contribution is 0.247. The van der Waals surface area contributed by atoms with Gasteiger partial charge in [0.25, 0.3) is 0 Å². The van der Waals surface area contributed by atoms with Gasteiger partial charge in [0.1, 0.15) is 0 Å². The SMILES string of the molecule is COCC(=N)SC(=N)N. The molecule has 0 unspecified atom stereocenters. The highest BCUT2D eigenvalue weighted by Gasteiger charge is 1.97. The van der Waals surface area contributed by atoms with E-state index in [2.05, 4.69) is 4.74 Å². The predicted molar refractivity (Wildman–Crippen MR) is 39.1 cm³/mol. The molecule has 4 N–H and O–H groups in total. The van der Waals surface area contributed by atoms with Crippen molar-refractivity contribution in [3.05, 3.63) is 0 Å². The van der Waals surface area contributed by atoms with E-state index in [9.17, 15) is 0 Å². The van der Waals surface area contributed by atoms with E-state index in [-0.39, 0.29) is 16.8 Å². The van der Waals surface area contributed by atoms with Gasteiger partial charge in [-0.25, -0.2) is 0 Å². The van der Waals surface area contributed by atoms with Crippen LogP contribution in [0.3, 0.4) is 0 Å². The topological polar surface area (TPSA) is 83.0 Å². The molecule has 0 aromatic carbocycles. The van der Waals surface area contributed by atoms with Gasteiger partial charge in [0.15, 0.2) is 5.17 Å². The zero-order valence-electron chi connectivity index (χ0n) is 5.10. The van der Waals surface area contributed by atoms with Crippen molar-refractivity contribution in [3.63, 3.8) is 0 Å². The molecular weight excluding hydrogens is 138 g/mol. The van der Waals surface area contributed by atoms with Crippen LogP contribution in [0.4, 0.5) is 0 Å². The molecule has 0 fully saturated rings. The Bertz CT molecular complexity index is 125. The van der Waals surface area contributed by atoms with E-state index in [4.69, 9.17) is 16.6 Å². The smallest absolute Gasteiger partial charge is 0.157 e. The minimum absolute atomic E-state index is 0.0722. The van der Waals surface area contributed by atoms with Crippen molar-refractivity contribution < 1.29 is 4.74 Å². The van der Waals surface area contributed by atoms with Crippen molar-refractivity contribution in [2.75, 3.05) is 13.7 Å². The second kappa shape index (κ2) is 4.34. The highest BCUT2D eigenvalue weighted by Crippen LogP contribution is 1.99. The molecular formula is C4H9N3OS. The lowest BCUT2D eigenvalue weighted by Crippen LogP contribution is -2.10. The number of amidine groups is 1. The molecule has 0 atom stereocenters. The van der Waals surface area contributed by atoms with Crippen LogP contribution >= 0.6 is 11.8 Å². The van der Waals surface area contributed by atoms with Crippen molar-refractivity contribution in [1.82, 2.24) is 0 Å². The van der Waals surface area contributed by atoms with Gasteiger partial charge in [0.05, 0.1) is 11.7 Å². The molecule has 0 aliphatic carbocycles. The van der Waals surface area contributed by atoms with E-state index in [1.807, 2.05) is 0 Å². The first-order valence-electron chi connectivity index (χ1n) is 2.25. The molecule has 4 nitrogen and oxygen atoms in total. The Kier molecular flexibility index (Phi) is 4.08. The normalized spacial score (nSPS) is 9.00. The van der Waals surface area contributed by atoms with Gasteiger partial charge in [-0.05, 0) is 11.8 Å². The Morgan fingerprint density at radius 2 is 2.22 bits per heavy atom. The van der Waals surface area contributed by atoms with E-state index >= 15 is 0 Å². The Balaban J connectivity index is 3.39. The average molecular weight is 147 g/mol. The molecule has 0 spiro atoms. The van der Waals surface area contributed by atoms with E-state index < -0.39 is 0 Å². The van der Waals surface area contributed by atoms with Gasteiger partial charge in [-0.15, -0.1) is 0 Å². The summed E-state index contributed by atoms with van der Waals surface area (Å²) in [5, 5.41) is 14.0. The monoisotopic (exact) mass is 147 g/mol. The molecule has 52 valence electrons. The number of methoxy groups -OCH3 is 1. The fraction of sp³-hybridized carbons (Fsp3) is 0.500. The van der Waals surface area contributed by atoms with Crippen LogP contribution in [0.2, 0.25) is 0 Å². The third-order valence-electron chi connectivity index (χ3n) is 0.509. The third-order valence-corrected chi connectivity index (χ3v) is 1.09.